The molecule has 6 heteroatoms. The second-order valence-electron chi connectivity index (χ2n) is 3.96. The van der Waals surface area contributed by atoms with Gasteiger partial charge in [0.1, 0.15) is 0 Å². The normalized spacial score (nSPS) is 11.9. The molecule has 0 heterocycles. The summed E-state index contributed by atoms with van der Waals surface area (Å²) in [5, 5.41) is 13.4. The summed E-state index contributed by atoms with van der Waals surface area (Å²) in [5.41, 5.74) is 6.62. The first kappa shape index (κ1) is 14.1. The Hall–Kier alpha value is -1.95. The number of nitrogens with two attached hydrogens (primary N) is 1. The van der Waals surface area contributed by atoms with Gasteiger partial charge in [-0.25, -0.2) is 0 Å². The van der Waals surface area contributed by atoms with Gasteiger partial charge in [-0.2, -0.15) is 0 Å². The molecule has 0 aromatic heterocycles. The summed E-state index contributed by atoms with van der Waals surface area (Å²) in [4.78, 5) is 22.0. The highest BCUT2D eigenvalue weighted by Crippen LogP contribution is 2.23. The van der Waals surface area contributed by atoms with Gasteiger partial charge < -0.3 is 11.1 Å². The highest BCUT2D eigenvalue weighted by Gasteiger charge is 2.16. The van der Waals surface area contributed by atoms with Gasteiger partial charge in [-0.3, -0.25) is 14.9 Å². The maximum atomic E-state index is 11.6. The van der Waals surface area contributed by atoms with Crippen LogP contribution in [0.3, 0.4) is 0 Å². The van der Waals surface area contributed by atoms with Crippen molar-refractivity contribution in [3.8, 4) is 0 Å². The SMILES string of the molecule is CCc1ccc(NC(=O)C(N)CC)cc1[N+](=O)[O-]. The Morgan fingerprint density at radius 1 is 1.50 bits per heavy atom. The van der Waals surface area contributed by atoms with Gasteiger partial charge in [0.15, 0.2) is 0 Å². The van der Waals surface area contributed by atoms with Crippen molar-refractivity contribution in [2.75, 3.05) is 5.32 Å². The third-order valence-electron chi connectivity index (χ3n) is 2.71. The summed E-state index contributed by atoms with van der Waals surface area (Å²) in [6.45, 7) is 3.64. The van der Waals surface area contributed by atoms with Crippen molar-refractivity contribution in [1.29, 1.82) is 0 Å². The number of amides is 1. The minimum atomic E-state index is -0.602. The minimum absolute atomic E-state index is 0.0142. The lowest BCUT2D eigenvalue weighted by Crippen LogP contribution is -2.34. The summed E-state index contributed by atoms with van der Waals surface area (Å²) in [6, 6.07) is 4.05. The molecule has 1 unspecified atom stereocenters. The van der Waals surface area contributed by atoms with Crippen LogP contribution in [-0.4, -0.2) is 16.9 Å². The van der Waals surface area contributed by atoms with Crippen molar-refractivity contribution >= 4 is 17.3 Å². The van der Waals surface area contributed by atoms with Crippen LogP contribution < -0.4 is 11.1 Å². The zero-order valence-corrected chi connectivity index (χ0v) is 10.5. The van der Waals surface area contributed by atoms with Gasteiger partial charge in [0.25, 0.3) is 5.69 Å². The smallest absolute Gasteiger partial charge is 0.274 e. The molecule has 0 radical (unpaired) electrons. The number of aryl methyl sites for hydroxylation is 1. The monoisotopic (exact) mass is 251 g/mol. The number of nitro benzene ring substituents is 1. The van der Waals surface area contributed by atoms with E-state index in [1.54, 1.807) is 19.1 Å². The molecule has 3 N–H and O–H groups in total. The van der Waals surface area contributed by atoms with E-state index in [0.29, 0.717) is 24.1 Å². The van der Waals surface area contributed by atoms with Gasteiger partial charge in [0, 0.05) is 17.3 Å². The molecule has 0 aliphatic carbocycles. The van der Waals surface area contributed by atoms with E-state index in [-0.39, 0.29) is 11.6 Å². The Balaban J connectivity index is 2.95. The molecule has 1 aromatic rings. The number of hydrogen-bond acceptors (Lipinski definition) is 4. The number of rotatable bonds is 5. The molecule has 0 aliphatic rings. The van der Waals surface area contributed by atoms with Gasteiger partial charge in [-0.15, -0.1) is 0 Å². The maximum Gasteiger partial charge on any atom is 0.274 e. The second-order valence-corrected chi connectivity index (χ2v) is 3.96. The molecular weight excluding hydrogens is 234 g/mol. The lowest BCUT2D eigenvalue weighted by Gasteiger charge is -2.10. The molecule has 0 fully saturated rings. The number of hydrogen-bond donors (Lipinski definition) is 2. The van der Waals surface area contributed by atoms with Crippen molar-refractivity contribution in [3.05, 3.63) is 33.9 Å². The van der Waals surface area contributed by atoms with E-state index in [0.717, 1.165) is 0 Å². The Kier molecular flexibility index (Phi) is 4.79. The molecule has 1 amide bonds. The molecule has 98 valence electrons. The van der Waals surface area contributed by atoms with Gasteiger partial charge >= 0.3 is 0 Å². The lowest BCUT2D eigenvalue weighted by molar-refractivity contribution is -0.385. The maximum absolute atomic E-state index is 11.6. The molecule has 1 aromatic carbocycles. The average molecular weight is 251 g/mol. The summed E-state index contributed by atoms with van der Waals surface area (Å²) < 4.78 is 0. The largest absolute Gasteiger partial charge is 0.324 e. The van der Waals surface area contributed by atoms with Crippen LogP contribution >= 0.6 is 0 Å². The minimum Gasteiger partial charge on any atom is -0.324 e. The fraction of sp³-hybridized carbons (Fsp3) is 0.417. The number of nitrogens with one attached hydrogen (secondary N) is 1. The molecular formula is C12H17N3O3. The van der Waals surface area contributed by atoms with E-state index in [9.17, 15) is 14.9 Å². The van der Waals surface area contributed by atoms with Crippen LogP contribution in [-0.2, 0) is 11.2 Å². The van der Waals surface area contributed by atoms with E-state index in [4.69, 9.17) is 5.73 Å². The van der Waals surface area contributed by atoms with Crippen molar-refractivity contribution in [3.63, 3.8) is 0 Å². The third-order valence-corrected chi connectivity index (χ3v) is 2.71. The number of carbonyl (C=O) groups is 1. The molecule has 0 spiro atoms. The van der Waals surface area contributed by atoms with Crippen molar-refractivity contribution < 1.29 is 9.72 Å². The van der Waals surface area contributed by atoms with E-state index in [1.807, 2.05) is 6.92 Å². The van der Waals surface area contributed by atoms with E-state index in [1.165, 1.54) is 6.07 Å². The van der Waals surface area contributed by atoms with Crippen LogP contribution in [0.15, 0.2) is 18.2 Å². The van der Waals surface area contributed by atoms with Crippen LogP contribution in [0.4, 0.5) is 11.4 Å². The fourth-order valence-electron chi connectivity index (χ4n) is 1.53. The second kappa shape index (κ2) is 6.11. The summed E-state index contributed by atoms with van der Waals surface area (Å²) >= 11 is 0. The van der Waals surface area contributed by atoms with Crippen molar-refractivity contribution in [1.82, 2.24) is 0 Å². The first-order valence-electron chi connectivity index (χ1n) is 5.83. The highest BCUT2D eigenvalue weighted by atomic mass is 16.6. The van der Waals surface area contributed by atoms with Crippen molar-refractivity contribution in [2.24, 2.45) is 5.73 Å². The molecule has 18 heavy (non-hydrogen) atoms. The number of nitro groups is 1. The summed E-state index contributed by atoms with van der Waals surface area (Å²) in [5.74, 6) is -0.337. The zero-order valence-electron chi connectivity index (χ0n) is 10.5. The van der Waals surface area contributed by atoms with Crippen LogP contribution in [0.5, 0.6) is 0 Å². The Labute approximate surface area is 105 Å². The fourth-order valence-corrected chi connectivity index (χ4v) is 1.53. The Bertz CT molecular complexity index is 460. The standard InChI is InChI=1S/C12H17N3O3/c1-3-8-5-6-9(7-11(8)15(17)18)14-12(16)10(13)4-2/h5-7,10H,3-4,13H2,1-2H3,(H,14,16). The molecule has 1 rings (SSSR count). The Morgan fingerprint density at radius 3 is 2.67 bits per heavy atom. The van der Waals surface area contributed by atoms with Gasteiger partial charge in [0.05, 0.1) is 11.0 Å². The number of benzene rings is 1. The number of anilines is 1. The van der Waals surface area contributed by atoms with Crippen LogP contribution in [0.1, 0.15) is 25.8 Å². The predicted molar refractivity (Wildman–Crippen MR) is 69.4 cm³/mol. The van der Waals surface area contributed by atoms with Gasteiger partial charge in [0.2, 0.25) is 5.91 Å². The third kappa shape index (κ3) is 3.27. The van der Waals surface area contributed by atoms with Gasteiger partial charge in [-0.1, -0.05) is 19.9 Å². The molecule has 0 saturated carbocycles. The summed E-state index contributed by atoms with van der Waals surface area (Å²) in [6.07, 6.45) is 1.08. The molecule has 0 aliphatic heterocycles. The molecule has 0 saturated heterocycles. The topological polar surface area (TPSA) is 98.3 Å². The zero-order chi connectivity index (χ0) is 13.7. The average Bonchev–Trinajstić information content (AvgIpc) is 2.37. The summed E-state index contributed by atoms with van der Waals surface area (Å²) in [7, 11) is 0. The first-order valence-corrected chi connectivity index (χ1v) is 5.83. The molecule has 6 nitrogen and oxygen atoms in total. The predicted octanol–water partition coefficient (Wildman–Crippen LogP) is 1.83. The van der Waals surface area contributed by atoms with E-state index >= 15 is 0 Å². The number of nitrogens with zero attached hydrogens (tertiary/aromatic N) is 1. The Morgan fingerprint density at radius 2 is 2.17 bits per heavy atom. The number of carbonyl (C=O) groups excluding carboxylic acids is 1. The molecule has 0 bridgehead atoms. The van der Waals surface area contributed by atoms with Crippen LogP contribution in [0.2, 0.25) is 0 Å². The van der Waals surface area contributed by atoms with Crippen molar-refractivity contribution in [2.45, 2.75) is 32.7 Å². The first-order chi connectivity index (χ1) is 8.49. The van der Waals surface area contributed by atoms with E-state index < -0.39 is 11.0 Å². The van der Waals surface area contributed by atoms with Crippen LogP contribution in [0, 0.1) is 10.1 Å². The molecule has 1 atom stereocenters. The highest BCUT2D eigenvalue weighted by molar-refractivity contribution is 5.94. The quantitative estimate of drug-likeness (QED) is 0.616. The van der Waals surface area contributed by atoms with E-state index in [2.05, 4.69) is 5.32 Å². The van der Waals surface area contributed by atoms with Gasteiger partial charge in [-0.05, 0) is 18.9 Å². The van der Waals surface area contributed by atoms with Crippen LogP contribution in [0.25, 0.3) is 0 Å². The lowest BCUT2D eigenvalue weighted by atomic mass is 10.1.